The summed E-state index contributed by atoms with van der Waals surface area (Å²) >= 11 is 0. The van der Waals surface area contributed by atoms with Crippen molar-refractivity contribution >= 4 is 5.82 Å². The van der Waals surface area contributed by atoms with Crippen molar-refractivity contribution in [3.05, 3.63) is 35.9 Å². The van der Waals surface area contributed by atoms with Gasteiger partial charge in [0.25, 0.3) is 0 Å². The normalized spacial score (nSPS) is 9.74. The van der Waals surface area contributed by atoms with Gasteiger partial charge in [0.2, 0.25) is 0 Å². The first-order chi connectivity index (χ1) is 9.24. The molecule has 2 rings (SSSR count). The average molecular weight is 254 g/mol. The fraction of sp³-hybridized carbons (Fsp3) is 0.214. The number of nitrogens with one attached hydrogen (secondary N) is 1. The monoisotopic (exact) mass is 254 g/mol. The van der Waals surface area contributed by atoms with Crippen LogP contribution in [-0.2, 0) is 0 Å². The molecule has 0 aliphatic heterocycles. The van der Waals surface area contributed by atoms with Crippen LogP contribution >= 0.6 is 0 Å². The van der Waals surface area contributed by atoms with Gasteiger partial charge in [0, 0.05) is 5.56 Å². The highest BCUT2D eigenvalue weighted by atomic mass is 16.5. The number of rotatable bonds is 4. The summed E-state index contributed by atoms with van der Waals surface area (Å²) in [5.41, 5.74) is 2.78. The molecular weight excluding hydrogens is 240 g/mol. The van der Waals surface area contributed by atoms with Crippen LogP contribution in [-0.4, -0.2) is 16.8 Å². The zero-order chi connectivity index (χ0) is 13.7. The van der Waals surface area contributed by atoms with Crippen LogP contribution in [0.25, 0.3) is 11.3 Å². The van der Waals surface area contributed by atoms with Crippen LogP contribution < -0.4 is 10.1 Å². The summed E-state index contributed by atoms with van der Waals surface area (Å²) in [6.45, 7) is 4.60. The number of aryl methyl sites for hydroxylation is 1. The maximum Gasteiger partial charge on any atom is 0.182 e. The third-order valence-corrected chi connectivity index (χ3v) is 2.62. The Hall–Kier alpha value is -2.61. The molecule has 0 spiro atoms. The Kier molecular flexibility index (Phi) is 3.94. The van der Waals surface area contributed by atoms with Crippen LogP contribution in [0.2, 0.25) is 0 Å². The van der Waals surface area contributed by atoms with Crippen molar-refractivity contribution in [1.29, 1.82) is 5.26 Å². The lowest BCUT2D eigenvalue weighted by atomic mass is 10.1. The Labute approximate surface area is 111 Å². The number of hydrogen-bond acceptors (Lipinski definition) is 5. The molecule has 2 aromatic rings. The minimum Gasteiger partial charge on any atom is -0.494 e. The summed E-state index contributed by atoms with van der Waals surface area (Å²) in [6, 6.07) is 9.42. The van der Waals surface area contributed by atoms with Gasteiger partial charge >= 0.3 is 0 Å². The van der Waals surface area contributed by atoms with Gasteiger partial charge in [0.05, 0.1) is 12.3 Å². The molecule has 0 aliphatic carbocycles. The van der Waals surface area contributed by atoms with Crippen LogP contribution in [0.3, 0.4) is 0 Å². The Morgan fingerprint density at radius 1 is 1.26 bits per heavy atom. The molecule has 0 saturated heterocycles. The second-order valence-corrected chi connectivity index (χ2v) is 3.95. The topological polar surface area (TPSA) is 70.8 Å². The second-order valence-electron chi connectivity index (χ2n) is 3.95. The number of aromatic nitrogens is 2. The fourth-order valence-electron chi connectivity index (χ4n) is 1.74. The first-order valence-electron chi connectivity index (χ1n) is 5.97. The summed E-state index contributed by atoms with van der Waals surface area (Å²) in [7, 11) is 0. The van der Waals surface area contributed by atoms with Crippen molar-refractivity contribution in [3.8, 4) is 23.2 Å². The van der Waals surface area contributed by atoms with Crippen molar-refractivity contribution in [2.75, 3.05) is 11.9 Å². The molecule has 0 unspecified atom stereocenters. The number of anilines is 1. The van der Waals surface area contributed by atoms with E-state index in [1.807, 2.05) is 38.1 Å². The zero-order valence-electron chi connectivity index (χ0n) is 10.8. The molecule has 5 heteroatoms. The first-order valence-corrected chi connectivity index (χ1v) is 5.97. The zero-order valence-corrected chi connectivity index (χ0v) is 10.8. The third-order valence-electron chi connectivity index (χ3n) is 2.62. The summed E-state index contributed by atoms with van der Waals surface area (Å²) in [4.78, 5) is 0. The SMILES string of the molecule is CCOc1ccc(-c2ccc(NC#N)nn2)cc1C. The quantitative estimate of drug-likeness (QED) is 0.671. The van der Waals surface area contributed by atoms with E-state index in [2.05, 4.69) is 15.5 Å². The van der Waals surface area contributed by atoms with Gasteiger partial charge in [0.1, 0.15) is 5.75 Å². The minimum atomic E-state index is 0.439. The largest absolute Gasteiger partial charge is 0.494 e. The lowest BCUT2D eigenvalue weighted by Gasteiger charge is -2.08. The molecule has 0 aliphatic rings. The van der Waals surface area contributed by atoms with E-state index in [0.29, 0.717) is 12.4 Å². The van der Waals surface area contributed by atoms with Crippen LogP contribution in [0.1, 0.15) is 12.5 Å². The Balaban J connectivity index is 2.27. The summed E-state index contributed by atoms with van der Waals surface area (Å²) < 4.78 is 5.50. The second kappa shape index (κ2) is 5.83. The van der Waals surface area contributed by atoms with Crippen molar-refractivity contribution in [2.24, 2.45) is 0 Å². The molecule has 19 heavy (non-hydrogen) atoms. The number of ether oxygens (including phenoxy) is 1. The molecule has 0 saturated carbocycles. The molecule has 0 fully saturated rings. The molecule has 5 nitrogen and oxygen atoms in total. The van der Waals surface area contributed by atoms with Gasteiger partial charge in [-0.2, -0.15) is 5.26 Å². The molecular formula is C14H14N4O. The standard InChI is InChI=1S/C14H14N4O/c1-3-19-13-6-4-11(8-10(13)2)12-5-7-14(16-9-15)18-17-12/h4-8H,3H2,1-2H3,(H,16,18). The van der Waals surface area contributed by atoms with Gasteiger partial charge in [-0.25, -0.2) is 0 Å². The van der Waals surface area contributed by atoms with Crippen molar-refractivity contribution in [1.82, 2.24) is 10.2 Å². The van der Waals surface area contributed by atoms with E-state index >= 15 is 0 Å². The van der Waals surface area contributed by atoms with Gasteiger partial charge in [0.15, 0.2) is 12.0 Å². The Bertz CT molecular complexity index is 602. The molecule has 0 amide bonds. The predicted octanol–water partition coefficient (Wildman–Crippen LogP) is 2.74. The molecule has 0 bridgehead atoms. The molecule has 0 atom stereocenters. The highest BCUT2D eigenvalue weighted by Crippen LogP contribution is 2.25. The van der Waals surface area contributed by atoms with Gasteiger partial charge in [-0.05, 0) is 49.7 Å². The number of benzene rings is 1. The maximum absolute atomic E-state index is 8.48. The summed E-state index contributed by atoms with van der Waals surface area (Å²) in [5.74, 6) is 1.32. The van der Waals surface area contributed by atoms with Gasteiger partial charge in [-0.1, -0.05) is 0 Å². The highest BCUT2D eigenvalue weighted by molar-refractivity contribution is 5.62. The van der Waals surface area contributed by atoms with E-state index in [1.54, 1.807) is 12.3 Å². The van der Waals surface area contributed by atoms with Crippen LogP contribution in [0.4, 0.5) is 5.82 Å². The van der Waals surface area contributed by atoms with E-state index in [0.717, 1.165) is 22.6 Å². The van der Waals surface area contributed by atoms with Crippen molar-refractivity contribution < 1.29 is 4.74 Å². The van der Waals surface area contributed by atoms with E-state index in [9.17, 15) is 0 Å². The van der Waals surface area contributed by atoms with E-state index < -0.39 is 0 Å². The van der Waals surface area contributed by atoms with Gasteiger partial charge in [-0.3, -0.25) is 5.32 Å². The Morgan fingerprint density at radius 2 is 2.11 bits per heavy atom. The summed E-state index contributed by atoms with van der Waals surface area (Å²) in [5, 5.41) is 18.9. The molecule has 1 aromatic carbocycles. The van der Waals surface area contributed by atoms with Crippen molar-refractivity contribution in [2.45, 2.75) is 13.8 Å². The molecule has 1 aromatic heterocycles. The predicted molar refractivity (Wildman–Crippen MR) is 72.6 cm³/mol. The van der Waals surface area contributed by atoms with E-state index in [4.69, 9.17) is 10.00 Å². The van der Waals surface area contributed by atoms with Crippen LogP contribution in [0.5, 0.6) is 5.75 Å². The Morgan fingerprint density at radius 3 is 2.68 bits per heavy atom. The van der Waals surface area contributed by atoms with Crippen LogP contribution in [0, 0.1) is 18.4 Å². The minimum absolute atomic E-state index is 0.439. The van der Waals surface area contributed by atoms with E-state index in [-0.39, 0.29) is 0 Å². The molecule has 1 N–H and O–H groups in total. The lowest BCUT2D eigenvalue weighted by Crippen LogP contribution is -1.96. The fourth-order valence-corrected chi connectivity index (χ4v) is 1.74. The first kappa shape index (κ1) is 12.8. The number of nitrogens with zero attached hydrogens (tertiary/aromatic N) is 3. The van der Waals surface area contributed by atoms with E-state index in [1.165, 1.54) is 0 Å². The van der Waals surface area contributed by atoms with Crippen molar-refractivity contribution in [3.63, 3.8) is 0 Å². The smallest absolute Gasteiger partial charge is 0.182 e. The highest BCUT2D eigenvalue weighted by Gasteiger charge is 2.05. The van der Waals surface area contributed by atoms with Gasteiger partial charge < -0.3 is 4.74 Å². The third kappa shape index (κ3) is 2.99. The molecule has 0 radical (unpaired) electrons. The van der Waals surface area contributed by atoms with Crippen LogP contribution in [0.15, 0.2) is 30.3 Å². The average Bonchev–Trinajstić information content (AvgIpc) is 2.43. The number of nitriles is 1. The maximum atomic E-state index is 8.48. The molecule has 96 valence electrons. The lowest BCUT2D eigenvalue weighted by molar-refractivity contribution is 0.338. The van der Waals surface area contributed by atoms with Gasteiger partial charge in [-0.15, -0.1) is 10.2 Å². The summed E-state index contributed by atoms with van der Waals surface area (Å²) in [6.07, 6.45) is 1.80. The number of hydrogen-bond donors (Lipinski definition) is 1. The molecule has 1 heterocycles.